The van der Waals surface area contributed by atoms with Gasteiger partial charge in [0.2, 0.25) is 5.65 Å². The van der Waals surface area contributed by atoms with Gasteiger partial charge in [-0.2, -0.15) is 23.5 Å². The number of H-pyrrole nitrogens is 1. The van der Waals surface area contributed by atoms with Crippen molar-refractivity contribution in [2.45, 2.75) is 12.8 Å². The van der Waals surface area contributed by atoms with Gasteiger partial charge < -0.3 is 10.5 Å². The maximum absolute atomic E-state index is 12.8. The minimum atomic E-state index is -4.46. The zero-order chi connectivity index (χ0) is 16.6. The lowest BCUT2D eigenvalue weighted by Gasteiger charge is -2.12. The van der Waals surface area contributed by atoms with E-state index in [4.69, 9.17) is 22.1 Å². The lowest BCUT2D eigenvalue weighted by molar-refractivity contribution is -0.137. The highest BCUT2D eigenvalue weighted by atomic mass is 35.5. The van der Waals surface area contributed by atoms with Gasteiger partial charge in [-0.15, -0.1) is 5.10 Å². The van der Waals surface area contributed by atoms with Gasteiger partial charge in [-0.1, -0.05) is 11.6 Å². The zero-order valence-electron chi connectivity index (χ0n) is 11.4. The van der Waals surface area contributed by atoms with Crippen molar-refractivity contribution in [3.63, 3.8) is 0 Å². The number of fused-ring (bicyclic) bond motifs is 1. The van der Waals surface area contributed by atoms with Crippen molar-refractivity contribution in [3.8, 4) is 5.75 Å². The average Bonchev–Trinajstić information content (AvgIpc) is 2.93. The van der Waals surface area contributed by atoms with Crippen molar-refractivity contribution in [2.75, 3.05) is 5.73 Å². The third kappa shape index (κ3) is 3.14. The summed E-state index contributed by atoms with van der Waals surface area (Å²) in [5.74, 6) is 0.395. The Hall–Kier alpha value is -2.55. The second kappa shape index (κ2) is 5.58. The number of hydrogen-bond acceptors (Lipinski definition) is 5. The van der Waals surface area contributed by atoms with E-state index in [9.17, 15) is 13.2 Å². The molecule has 0 aliphatic rings. The maximum atomic E-state index is 12.8. The molecule has 3 aromatic rings. The molecule has 120 valence electrons. The molecule has 2 aromatic heterocycles. The standard InChI is InChI=1S/C13H9ClF3N5O/c14-8-2-1-7(13(15,16)17)3-6(8)5-23-9-4-10(18)19-12-11(9)20-22-21-12/h1-4H,5H2,(H3,18,19,20,21,22). The van der Waals surface area contributed by atoms with Crippen LogP contribution in [-0.4, -0.2) is 20.4 Å². The molecule has 0 fully saturated rings. The number of nitrogen functional groups attached to an aromatic ring is 1. The maximum Gasteiger partial charge on any atom is 0.416 e. The monoisotopic (exact) mass is 343 g/mol. The number of alkyl halides is 3. The molecule has 0 saturated carbocycles. The number of nitrogens with one attached hydrogen (secondary N) is 1. The van der Waals surface area contributed by atoms with Crippen molar-refractivity contribution >= 4 is 28.6 Å². The van der Waals surface area contributed by atoms with Gasteiger partial charge in [0.1, 0.15) is 12.4 Å². The summed E-state index contributed by atoms with van der Waals surface area (Å²) in [6.45, 7) is -0.186. The lowest BCUT2D eigenvalue weighted by atomic mass is 10.1. The summed E-state index contributed by atoms with van der Waals surface area (Å²) < 4.78 is 43.8. The molecule has 3 rings (SSSR count). The SMILES string of the molecule is Nc1cc(OCc2cc(C(F)(F)F)ccc2Cl)c2n[nH]nc2n1. The van der Waals surface area contributed by atoms with E-state index in [-0.39, 0.29) is 34.4 Å². The molecule has 0 atom stereocenters. The van der Waals surface area contributed by atoms with Crippen LogP contribution in [0.5, 0.6) is 5.75 Å². The Morgan fingerprint density at radius 1 is 1.22 bits per heavy atom. The van der Waals surface area contributed by atoms with Crippen LogP contribution in [0.15, 0.2) is 24.3 Å². The fraction of sp³-hybridized carbons (Fsp3) is 0.154. The molecule has 2 heterocycles. The number of ether oxygens (including phenoxy) is 1. The number of nitrogens with zero attached hydrogens (tertiary/aromatic N) is 3. The molecule has 0 radical (unpaired) electrons. The van der Waals surface area contributed by atoms with Crippen LogP contribution in [0.25, 0.3) is 11.2 Å². The van der Waals surface area contributed by atoms with Gasteiger partial charge in [0.25, 0.3) is 0 Å². The summed E-state index contributed by atoms with van der Waals surface area (Å²) in [5, 5.41) is 10.2. The molecule has 3 N–H and O–H groups in total. The van der Waals surface area contributed by atoms with E-state index in [1.165, 1.54) is 12.1 Å². The van der Waals surface area contributed by atoms with Gasteiger partial charge in [0.15, 0.2) is 11.3 Å². The van der Waals surface area contributed by atoms with Crippen molar-refractivity contribution < 1.29 is 17.9 Å². The fourth-order valence-corrected chi connectivity index (χ4v) is 2.13. The number of nitrogens with two attached hydrogens (primary N) is 1. The number of pyridine rings is 1. The van der Waals surface area contributed by atoms with Crippen LogP contribution in [0.4, 0.5) is 19.0 Å². The van der Waals surface area contributed by atoms with Crippen LogP contribution in [0, 0.1) is 0 Å². The normalized spacial score (nSPS) is 11.8. The average molecular weight is 344 g/mol. The molecular weight excluding hydrogens is 335 g/mol. The first-order chi connectivity index (χ1) is 10.8. The third-order valence-corrected chi connectivity index (χ3v) is 3.40. The first-order valence-electron chi connectivity index (χ1n) is 6.30. The molecule has 6 nitrogen and oxygen atoms in total. The summed E-state index contributed by atoms with van der Waals surface area (Å²) >= 11 is 5.92. The van der Waals surface area contributed by atoms with Gasteiger partial charge in [0, 0.05) is 16.7 Å². The molecule has 10 heteroatoms. The molecule has 23 heavy (non-hydrogen) atoms. The second-order valence-corrected chi connectivity index (χ2v) is 5.04. The van der Waals surface area contributed by atoms with Crippen LogP contribution < -0.4 is 10.5 Å². The molecule has 0 aliphatic carbocycles. The van der Waals surface area contributed by atoms with E-state index in [0.717, 1.165) is 12.1 Å². The molecule has 1 aromatic carbocycles. The summed E-state index contributed by atoms with van der Waals surface area (Å²) in [4.78, 5) is 3.93. The molecule has 0 unspecified atom stereocenters. The number of aromatic nitrogens is 4. The van der Waals surface area contributed by atoms with Crippen LogP contribution >= 0.6 is 11.6 Å². The molecule has 0 bridgehead atoms. The van der Waals surface area contributed by atoms with Crippen molar-refractivity contribution in [3.05, 3.63) is 40.4 Å². The molecular formula is C13H9ClF3N5O. The fourth-order valence-electron chi connectivity index (χ4n) is 1.95. The quantitative estimate of drug-likeness (QED) is 0.762. The predicted molar refractivity (Wildman–Crippen MR) is 76.9 cm³/mol. The smallest absolute Gasteiger partial charge is 0.416 e. The Morgan fingerprint density at radius 2 is 2.00 bits per heavy atom. The van der Waals surface area contributed by atoms with Gasteiger partial charge in [-0.3, -0.25) is 0 Å². The number of aromatic amines is 1. The van der Waals surface area contributed by atoms with Crippen molar-refractivity contribution in [1.82, 2.24) is 20.4 Å². The highest BCUT2D eigenvalue weighted by molar-refractivity contribution is 6.31. The van der Waals surface area contributed by atoms with Gasteiger partial charge in [-0.05, 0) is 18.2 Å². The highest BCUT2D eigenvalue weighted by Crippen LogP contribution is 2.32. The van der Waals surface area contributed by atoms with E-state index >= 15 is 0 Å². The first kappa shape index (κ1) is 15.3. The molecule has 0 saturated heterocycles. The first-order valence-corrected chi connectivity index (χ1v) is 6.68. The van der Waals surface area contributed by atoms with Crippen molar-refractivity contribution in [2.24, 2.45) is 0 Å². The van der Waals surface area contributed by atoms with Crippen molar-refractivity contribution in [1.29, 1.82) is 0 Å². The number of benzene rings is 1. The minimum absolute atomic E-state index is 0.150. The number of hydrogen-bond donors (Lipinski definition) is 2. The Kier molecular flexibility index (Phi) is 3.72. The third-order valence-electron chi connectivity index (χ3n) is 3.03. The van der Waals surface area contributed by atoms with E-state index < -0.39 is 11.7 Å². The predicted octanol–water partition coefficient (Wildman–Crippen LogP) is 3.19. The van der Waals surface area contributed by atoms with Crippen LogP contribution in [0.3, 0.4) is 0 Å². The summed E-state index contributed by atoms with van der Waals surface area (Å²) in [6.07, 6.45) is -4.46. The Labute approximate surface area is 132 Å². The highest BCUT2D eigenvalue weighted by Gasteiger charge is 2.31. The summed E-state index contributed by atoms with van der Waals surface area (Å²) in [5.41, 5.74) is 5.57. The molecule has 0 aliphatic heterocycles. The van der Waals surface area contributed by atoms with Gasteiger partial charge in [-0.25, -0.2) is 4.98 Å². The lowest BCUT2D eigenvalue weighted by Crippen LogP contribution is -2.07. The van der Waals surface area contributed by atoms with Crippen LogP contribution in [0.1, 0.15) is 11.1 Å². The van der Waals surface area contributed by atoms with Gasteiger partial charge >= 0.3 is 6.18 Å². The van der Waals surface area contributed by atoms with Crippen LogP contribution in [-0.2, 0) is 12.8 Å². The Bertz CT molecular complexity index is 864. The zero-order valence-corrected chi connectivity index (χ0v) is 12.1. The van der Waals surface area contributed by atoms with Gasteiger partial charge in [0.05, 0.1) is 5.56 Å². The summed E-state index contributed by atoms with van der Waals surface area (Å²) in [6, 6.07) is 4.43. The second-order valence-electron chi connectivity index (χ2n) is 4.63. The van der Waals surface area contributed by atoms with E-state index in [1.807, 2.05) is 0 Å². The minimum Gasteiger partial charge on any atom is -0.486 e. The largest absolute Gasteiger partial charge is 0.486 e. The molecule has 0 amide bonds. The molecule has 0 spiro atoms. The van der Waals surface area contributed by atoms with Crippen LogP contribution in [0.2, 0.25) is 5.02 Å². The van der Waals surface area contributed by atoms with E-state index in [0.29, 0.717) is 5.52 Å². The number of anilines is 1. The van der Waals surface area contributed by atoms with E-state index in [2.05, 4.69) is 20.4 Å². The number of halogens is 4. The summed E-state index contributed by atoms with van der Waals surface area (Å²) in [7, 11) is 0. The van der Waals surface area contributed by atoms with E-state index in [1.54, 1.807) is 0 Å². The topological polar surface area (TPSA) is 89.7 Å². The Morgan fingerprint density at radius 3 is 2.74 bits per heavy atom. The Balaban J connectivity index is 1.89. The number of rotatable bonds is 3.